The maximum atomic E-state index is 12.9. The molecule has 5 nitrogen and oxygen atoms in total. The molecule has 0 radical (unpaired) electrons. The topological polar surface area (TPSA) is 49.6 Å². The molecule has 2 heterocycles. The predicted molar refractivity (Wildman–Crippen MR) is 106 cm³/mol. The fourth-order valence-corrected chi connectivity index (χ4v) is 3.87. The third-order valence-corrected chi connectivity index (χ3v) is 5.42. The van der Waals surface area contributed by atoms with Crippen molar-refractivity contribution < 1.29 is 9.32 Å². The molecule has 0 spiro atoms. The van der Waals surface area contributed by atoms with E-state index < -0.39 is 0 Å². The number of carbonyl (C=O) groups excluding carboxylic acids is 1. The Morgan fingerprint density at radius 2 is 1.81 bits per heavy atom. The standard InChI is InChI=1S/C22H25N3O2/c1-3-20-21(16(2)27-23-20)22(26)25-13-11-24(12-14-25)15-18-9-6-8-17-7-4-5-10-19(17)18/h4-10H,3,11-15H2,1-2H3. The first-order valence-corrected chi connectivity index (χ1v) is 9.60. The number of amides is 1. The van der Waals surface area contributed by atoms with Crippen molar-refractivity contribution in [2.45, 2.75) is 26.8 Å². The second-order valence-electron chi connectivity index (χ2n) is 7.12. The number of piperazine rings is 1. The molecule has 5 heteroatoms. The van der Waals surface area contributed by atoms with Crippen LogP contribution in [0.15, 0.2) is 47.0 Å². The maximum absolute atomic E-state index is 12.9. The molecule has 1 fully saturated rings. The van der Waals surface area contributed by atoms with E-state index in [1.807, 2.05) is 18.7 Å². The van der Waals surface area contributed by atoms with Gasteiger partial charge in [-0.2, -0.15) is 0 Å². The minimum absolute atomic E-state index is 0.0513. The Morgan fingerprint density at radius 1 is 1.07 bits per heavy atom. The van der Waals surface area contributed by atoms with Crippen LogP contribution in [0.5, 0.6) is 0 Å². The molecule has 0 atom stereocenters. The van der Waals surface area contributed by atoms with E-state index in [-0.39, 0.29) is 5.91 Å². The first-order chi connectivity index (χ1) is 13.2. The molecule has 1 amide bonds. The van der Waals surface area contributed by atoms with E-state index in [0.717, 1.165) is 38.4 Å². The molecule has 1 aromatic heterocycles. The second-order valence-corrected chi connectivity index (χ2v) is 7.12. The molecule has 0 unspecified atom stereocenters. The Kier molecular flexibility index (Phi) is 4.94. The third kappa shape index (κ3) is 3.47. The highest BCUT2D eigenvalue weighted by Gasteiger charge is 2.27. The van der Waals surface area contributed by atoms with Crippen LogP contribution in [0.3, 0.4) is 0 Å². The van der Waals surface area contributed by atoms with Crippen LogP contribution in [0.2, 0.25) is 0 Å². The van der Waals surface area contributed by atoms with Gasteiger partial charge >= 0.3 is 0 Å². The van der Waals surface area contributed by atoms with Gasteiger partial charge in [0.15, 0.2) is 0 Å². The number of aryl methyl sites for hydroxylation is 2. The number of fused-ring (bicyclic) bond motifs is 1. The molecule has 1 aliphatic heterocycles. The molecule has 0 saturated carbocycles. The van der Waals surface area contributed by atoms with Crippen LogP contribution in [0.4, 0.5) is 0 Å². The zero-order chi connectivity index (χ0) is 18.8. The summed E-state index contributed by atoms with van der Waals surface area (Å²) in [4.78, 5) is 17.3. The van der Waals surface area contributed by atoms with Gasteiger partial charge < -0.3 is 9.42 Å². The minimum Gasteiger partial charge on any atom is -0.361 e. The summed E-state index contributed by atoms with van der Waals surface area (Å²) >= 11 is 0. The van der Waals surface area contributed by atoms with E-state index >= 15 is 0 Å². The zero-order valence-electron chi connectivity index (χ0n) is 15.9. The van der Waals surface area contributed by atoms with Crippen molar-refractivity contribution in [1.29, 1.82) is 0 Å². The lowest BCUT2D eigenvalue weighted by molar-refractivity contribution is 0.0626. The second kappa shape index (κ2) is 7.53. The Bertz CT molecular complexity index is 950. The summed E-state index contributed by atoms with van der Waals surface area (Å²) in [6.45, 7) is 7.94. The summed E-state index contributed by atoms with van der Waals surface area (Å²) in [5, 5.41) is 6.60. The molecule has 27 heavy (non-hydrogen) atoms. The number of hydrogen-bond donors (Lipinski definition) is 0. The van der Waals surface area contributed by atoms with E-state index in [9.17, 15) is 4.79 Å². The SMILES string of the molecule is CCc1noc(C)c1C(=O)N1CCN(Cc2cccc3ccccc23)CC1. The van der Waals surface area contributed by atoms with Crippen LogP contribution in [-0.2, 0) is 13.0 Å². The lowest BCUT2D eigenvalue weighted by atomic mass is 10.0. The summed E-state index contributed by atoms with van der Waals surface area (Å²) < 4.78 is 5.23. The van der Waals surface area contributed by atoms with Crippen molar-refractivity contribution in [2.75, 3.05) is 26.2 Å². The molecule has 0 bridgehead atoms. The number of benzene rings is 2. The van der Waals surface area contributed by atoms with Crippen LogP contribution < -0.4 is 0 Å². The van der Waals surface area contributed by atoms with Gasteiger partial charge in [-0.25, -0.2) is 0 Å². The van der Waals surface area contributed by atoms with Gasteiger partial charge in [0.05, 0.1) is 5.69 Å². The average Bonchev–Trinajstić information content (AvgIpc) is 3.09. The van der Waals surface area contributed by atoms with E-state index in [1.165, 1.54) is 16.3 Å². The predicted octanol–water partition coefficient (Wildman–Crippen LogP) is 3.66. The van der Waals surface area contributed by atoms with Crippen LogP contribution in [-0.4, -0.2) is 47.0 Å². The number of nitrogens with zero attached hydrogens (tertiary/aromatic N) is 3. The molecular formula is C22H25N3O2. The van der Waals surface area contributed by atoms with Gasteiger partial charge in [-0.05, 0) is 29.7 Å². The molecule has 0 aliphatic carbocycles. The van der Waals surface area contributed by atoms with Crippen molar-refractivity contribution in [3.8, 4) is 0 Å². The van der Waals surface area contributed by atoms with Crippen molar-refractivity contribution in [2.24, 2.45) is 0 Å². The summed E-state index contributed by atoms with van der Waals surface area (Å²) in [5.74, 6) is 0.672. The quantitative estimate of drug-likeness (QED) is 0.710. The minimum atomic E-state index is 0.0513. The monoisotopic (exact) mass is 363 g/mol. The largest absolute Gasteiger partial charge is 0.361 e. The summed E-state index contributed by atoms with van der Waals surface area (Å²) in [5.41, 5.74) is 2.76. The van der Waals surface area contributed by atoms with Crippen LogP contribution in [0, 0.1) is 6.92 Å². The average molecular weight is 363 g/mol. The lowest BCUT2D eigenvalue weighted by Crippen LogP contribution is -2.48. The Morgan fingerprint density at radius 3 is 2.59 bits per heavy atom. The normalized spacial score (nSPS) is 15.4. The number of carbonyl (C=O) groups is 1. The Labute approximate surface area is 159 Å². The molecular weight excluding hydrogens is 338 g/mol. The van der Waals surface area contributed by atoms with E-state index in [2.05, 4.69) is 52.5 Å². The van der Waals surface area contributed by atoms with Crippen molar-refractivity contribution in [1.82, 2.24) is 15.0 Å². The molecule has 4 rings (SSSR count). The summed E-state index contributed by atoms with van der Waals surface area (Å²) in [6, 6.07) is 15.0. The van der Waals surface area contributed by atoms with Gasteiger partial charge in [-0.3, -0.25) is 9.69 Å². The van der Waals surface area contributed by atoms with Gasteiger partial charge in [0.2, 0.25) is 0 Å². The van der Waals surface area contributed by atoms with Crippen molar-refractivity contribution >= 4 is 16.7 Å². The van der Waals surface area contributed by atoms with Crippen LogP contribution in [0.1, 0.15) is 34.3 Å². The molecule has 1 aliphatic rings. The highest BCUT2D eigenvalue weighted by Crippen LogP contribution is 2.22. The Balaban J connectivity index is 1.43. The van der Waals surface area contributed by atoms with Crippen molar-refractivity contribution in [3.63, 3.8) is 0 Å². The lowest BCUT2D eigenvalue weighted by Gasteiger charge is -2.35. The molecule has 0 N–H and O–H groups in total. The van der Waals surface area contributed by atoms with E-state index in [1.54, 1.807) is 0 Å². The molecule has 1 saturated heterocycles. The highest BCUT2D eigenvalue weighted by atomic mass is 16.5. The Hall–Kier alpha value is -2.66. The maximum Gasteiger partial charge on any atom is 0.259 e. The third-order valence-electron chi connectivity index (χ3n) is 5.42. The van der Waals surface area contributed by atoms with Gasteiger partial charge in [0.1, 0.15) is 11.3 Å². The number of rotatable bonds is 4. The fraction of sp³-hybridized carbons (Fsp3) is 0.364. The highest BCUT2D eigenvalue weighted by molar-refractivity contribution is 5.96. The van der Waals surface area contributed by atoms with Crippen LogP contribution >= 0.6 is 0 Å². The van der Waals surface area contributed by atoms with E-state index in [0.29, 0.717) is 17.7 Å². The first-order valence-electron chi connectivity index (χ1n) is 9.60. The number of hydrogen-bond acceptors (Lipinski definition) is 4. The van der Waals surface area contributed by atoms with Crippen LogP contribution in [0.25, 0.3) is 10.8 Å². The molecule has 3 aromatic rings. The van der Waals surface area contributed by atoms with Gasteiger partial charge in [-0.15, -0.1) is 0 Å². The summed E-state index contributed by atoms with van der Waals surface area (Å²) in [7, 11) is 0. The smallest absolute Gasteiger partial charge is 0.259 e. The van der Waals surface area contributed by atoms with Gasteiger partial charge in [-0.1, -0.05) is 54.5 Å². The van der Waals surface area contributed by atoms with E-state index in [4.69, 9.17) is 4.52 Å². The first kappa shape index (κ1) is 17.7. The molecule has 2 aromatic carbocycles. The number of aromatic nitrogens is 1. The van der Waals surface area contributed by atoms with Gasteiger partial charge in [0, 0.05) is 32.7 Å². The van der Waals surface area contributed by atoms with Gasteiger partial charge in [0.25, 0.3) is 5.91 Å². The fourth-order valence-electron chi connectivity index (χ4n) is 3.87. The zero-order valence-corrected chi connectivity index (χ0v) is 15.9. The summed E-state index contributed by atoms with van der Waals surface area (Å²) in [6.07, 6.45) is 0.708. The van der Waals surface area contributed by atoms with Crippen molar-refractivity contribution in [3.05, 3.63) is 65.0 Å². The molecule has 140 valence electrons.